The summed E-state index contributed by atoms with van der Waals surface area (Å²) >= 11 is 0. The van der Waals surface area contributed by atoms with Crippen LogP contribution in [0.2, 0.25) is 0 Å². The fourth-order valence-electron chi connectivity index (χ4n) is 5.51. The number of carbonyl (C=O) groups is 3. The Kier molecular flexibility index (Phi) is 6.27. The molecule has 0 bridgehead atoms. The zero-order valence-corrected chi connectivity index (χ0v) is 19.2. The third-order valence-electron chi connectivity index (χ3n) is 7.40. The Morgan fingerprint density at radius 2 is 1.74 bits per heavy atom. The van der Waals surface area contributed by atoms with E-state index in [2.05, 4.69) is 5.32 Å². The molecule has 2 aromatic carbocycles. The zero-order chi connectivity index (χ0) is 24.6. The summed E-state index contributed by atoms with van der Waals surface area (Å²) in [6, 6.07) is 11.0. The standard InChI is InChI=1S/C26H27F2N3O4/c27-19-7-5-17(6-8-19)15-26(24(33)31(25(34)29-26)20-11-14-35-16-20)18-9-12-30(13-10-18)23(32)21-3-1-2-4-22(21)28/h1-8,18,20H,9-16H2,(H,29,34)/t20-,26+/m0/s1. The first-order chi connectivity index (χ1) is 16.9. The van der Waals surface area contributed by atoms with Crippen molar-refractivity contribution in [3.05, 3.63) is 71.3 Å². The smallest absolute Gasteiger partial charge is 0.325 e. The second kappa shape index (κ2) is 9.37. The summed E-state index contributed by atoms with van der Waals surface area (Å²) in [4.78, 5) is 42.7. The van der Waals surface area contributed by atoms with Crippen molar-refractivity contribution in [3.63, 3.8) is 0 Å². The van der Waals surface area contributed by atoms with Crippen molar-refractivity contribution < 1.29 is 27.9 Å². The number of hydrogen-bond acceptors (Lipinski definition) is 4. The van der Waals surface area contributed by atoms with Crippen molar-refractivity contribution in [1.82, 2.24) is 15.1 Å². The highest BCUT2D eigenvalue weighted by atomic mass is 19.1. The summed E-state index contributed by atoms with van der Waals surface area (Å²) in [5.74, 6) is -1.89. The lowest BCUT2D eigenvalue weighted by Gasteiger charge is -2.41. The number of rotatable bonds is 5. The third kappa shape index (κ3) is 4.29. The van der Waals surface area contributed by atoms with Crippen LogP contribution in [0, 0.1) is 17.6 Å². The van der Waals surface area contributed by atoms with Crippen molar-refractivity contribution in [2.75, 3.05) is 26.3 Å². The van der Waals surface area contributed by atoms with Gasteiger partial charge >= 0.3 is 6.03 Å². The summed E-state index contributed by atoms with van der Waals surface area (Å²) in [6.07, 6.45) is 1.72. The normalized spacial score (nSPS) is 25.3. The first-order valence-electron chi connectivity index (χ1n) is 11.9. The number of nitrogens with zero attached hydrogens (tertiary/aromatic N) is 2. The molecule has 3 saturated heterocycles. The number of nitrogens with one attached hydrogen (secondary N) is 1. The Morgan fingerprint density at radius 3 is 2.40 bits per heavy atom. The molecule has 35 heavy (non-hydrogen) atoms. The van der Waals surface area contributed by atoms with Gasteiger partial charge in [0.25, 0.3) is 11.8 Å². The van der Waals surface area contributed by atoms with Crippen LogP contribution in [0.1, 0.15) is 35.2 Å². The van der Waals surface area contributed by atoms with Crippen molar-refractivity contribution >= 4 is 17.8 Å². The highest BCUT2D eigenvalue weighted by Crippen LogP contribution is 2.38. The van der Waals surface area contributed by atoms with E-state index in [-0.39, 0.29) is 41.6 Å². The van der Waals surface area contributed by atoms with Crippen LogP contribution in [0.25, 0.3) is 0 Å². The third-order valence-corrected chi connectivity index (χ3v) is 7.40. The van der Waals surface area contributed by atoms with E-state index >= 15 is 0 Å². The van der Waals surface area contributed by atoms with E-state index in [1.165, 1.54) is 35.2 Å². The monoisotopic (exact) mass is 483 g/mol. The van der Waals surface area contributed by atoms with Gasteiger partial charge in [0.1, 0.15) is 17.2 Å². The second-order valence-electron chi connectivity index (χ2n) is 9.44. The second-order valence-corrected chi connectivity index (χ2v) is 9.44. The summed E-state index contributed by atoms with van der Waals surface area (Å²) in [5.41, 5.74) is -0.455. The molecule has 0 radical (unpaired) electrons. The number of piperidine rings is 1. The minimum absolute atomic E-state index is 0.0182. The largest absolute Gasteiger partial charge is 0.379 e. The molecular formula is C26H27F2N3O4. The van der Waals surface area contributed by atoms with Gasteiger partial charge in [-0.05, 0) is 55.0 Å². The predicted molar refractivity (Wildman–Crippen MR) is 122 cm³/mol. The van der Waals surface area contributed by atoms with E-state index in [9.17, 15) is 23.2 Å². The van der Waals surface area contributed by atoms with Gasteiger partial charge in [-0.3, -0.25) is 14.5 Å². The average Bonchev–Trinajstić information content (AvgIpc) is 3.47. The number of benzene rings is 2. The van der Waals surface area contributed by atoms with Crippen LogP contribution in [0.3, 0.4) is 0 Å². The van der Waals surface area contributed by atoms with Crippen LogP contribution in [0.5, 0.6) is 0 Å². The van der Waals surface area contributed by atoms with E-state index in [1.807, 2.05) is 0 Å². The van der Waals surface area contributed by atoms with Crippen LogP contribution >= 0.6 is 0 Å². The van der Waals surface area contributed by atoms with Gasteiger partial charge in [-0.1, -0.05) is 24.3 Å². The number of hydrogen-bond donors (Lipinski definition) is 1. The van der Waals surface area contributed by atoms with Crippen LogP contribution in [-0.4, -0.2) is 65.5 Å². The molecule has 3 heterocycles. The van der Waals surface area contributed by atoms with Gasteiger partial charge in [0, 0.05) is 26.1 Å². The van der Waals surface area contributed by atoms with Crippen molar-refractivity contribution in [2.24, 2.45) is 5.92 Å². The highest BCUT2D eigenvalue weighted by molar-refractivity contribution is 6.08. The van der Waals surface area contributed by atoms with Crippen LogP contribution < -0.4 is 5.32 Å². The summed E-state index contributed by atoms with van der Waals surface area (Å²) in [5, 5.41) is 2.99. The quantitative estimate of drug-likeness (QED) is 0.663. The van der Waals surface area contributed by atoms with Gasteiger partial charge in [-0.15, -0.1) is 0 Å². The maximum atomic E-state index is 14.2. The molecule has 0 unspecified atom stereocenters. The number of halogens is 2. The first-order valence-corrected chi connectivity index (χ1v) is 11.9. The molecule has 4 amide bonds. The molecular weight excluding hydrogens is 456 g/mol. The van der Waals surface area contributed by atoms with Crippen molar-refractivity contribution in [3.8, 4) is 0 Å². The zero-order valence-electron chi connectivity index (χ0n) is 19.2. The lowest BCUT2D eigenvalue weighted by Crippen LogP contribution is -2.58. The molecule has 0 aliphatic carbocycles. The number of carbonyl (C=O) groups excluding carboxylic acids is 3. The number of imide groups is 1. The average molecular weight is 484 g/mol. The molecule has 3 fully saturated rings. The molecule has 7 nitrogen and oxygen atoms in total. The Balaban J connectivity index is 1.39. The van der Waals surface area contributed by atoms with Crippen LogP contribution in [0.4, 0.5) is 13.6 Å². The fraction of sp³-hybridized carbons (Fsp3) is 0.423. The lowest BCUT2D eigenvalue weighted by atomic mass is 9.73. The molecule has 2 atom stereocenters. The molecule has 1 N–H and O–H groups in total. The summed E-state index contributed by atoms with van der Waals surface area (Å²) in [6.45, 7) is 1.46. The van der Waals surface area contributed by atoms with Crippen molar-refractivity contribution in [1.29, 1.82) is 0 Å². The lowest BCUT2D eigenvalue weighted by molar-refractivity contribution is -0.135. The molecule has 3 aliphatic heterocycles. The minimum Gasteiger partial charge on any atom is -0.379 e. The molecule has 0 saturated carbocycles. The fourth-order valence-corrected chi connectivity index (χ4v) is 5.51. The maximum Gasteiger partial charge on any atom is 0.325 e. The topological polar surface area (TPSA) is 79.0 Å². The summed E-state index contributed by atoms with van der Waals surface area (Å²) in [7, 11) is 0. The SMILES string of the molecule is O=C(c1ccccc1F)N1CCC([C@@]2(Cc3ccc(F)cc3)NC(=O)N([C@H]3CCOC3)C2=O)CC1. The molecule has 3 aliphatic rings. The van der Waals surface area contributed by atoms with Gasteiger partial charge in [0.2, 0.25) is 0 Å². The first kappa shape index (κ1) is 23.4. The van der Waals surface area contributed by atoms with Crippen LogP contribution in [-0.2, 0) is 16.0 Å². The van der Waals surface area contributed by atoms with Gasteiger partial charge < -0.3 is 15.0 Å². The summed E-state index contributed by atoms with van der Waals surface area (Å²) < 4.78 is 33.1. The van der Waals surface area contributed by atoms with Crippen molar-refractivity contribution in [2.45, 2.75) is 37.3 Å². The Bertz CT molecular complexity index is 1130. The minimum atomic E-state index is -1.20. The van der Waals surface area contributed by atoms with Gasteiger partial charge in [-0.2, -0.15) is 0 Å². The molecule has 0 aromatic heterocycles. The van der Waals surface area contributed by atoms with E-state index in [0.717, 1.165) is 5.56 Å². The van der Waals surface area contributed by atoms with Gasteiger partial charge in [0.05, 0.1) is 18.2 Å². The highest BCUT2D eigenvalue weighted by Gasteiger charge is 2.57. The Hall–Kier alpha value is -3.33. The number of ether oxygens (including phenoxy) is 1. The predicted octanol–water partition coefficient (Wildman–Crippen LogP) is 3.14. The molecule has 0 spiro atoms. The van der Waals surface area contributed by atoms with E-state index in [4.69, 9.17) is 4.74 Å². The van der Waals surface area contributed by atoms with E-state index in [0.29, 0.717) is 45.6 Å². The van der Waals surface area contributed by atoms with Crippen LogP contribution in [0.15, 0.2) is 48.5 Å². The molecule has 2 aromatic rings. The Morgan fingerprint density at radius 1 is 1.03 bits per heavy atom. The Labute approximate surface area is 202 Å². The van der Waals surface area contributed by atoms with Gasteiger partial charge in [0.15, 0.2) is 0 Å². The van der Waals surface area contributed by atoms with Gasteiger partial charge in [-0.25, -0.2) is 13.6 Å². The van der Waals surface area contributed by atoms with E-state index < -0.39 is 17.4 Å². The number of urea groups is 1. The molecule has 184 valence electrons. The van der Waals surface area contributed by atoms with E-state index in [1.54, 1.807) is 23.1 Å². The molecule has 9 heteroatoms. The molecule has 5 rings (SSSR count). The number of amides is 4. The number of likely N-dealkylation sites (tertiary alicyclic amines) is 1. The maximum absolute atomic E-state index is 14.2.